The van der Waals surface area contributed by atoms with E-state index in [2.05, 4.69) is 26.5 Å². The van der Waals surface area contributed by atoms with Crippen molar-refractivity contribution in [3.8, 4) is 5.75 Å². The number of nitrogens with zero attached hydrogens (tertiary/aromatic N) is 2. The molecule has 2 aromatic carbocycles. The summed E-state index contributed by atoms with van der Waals surface area (Å²) in [6.07, 6.45) is 0. The molecule has 24 heavy (non-hydrogen) atoms. The van der Waals surface area contributed by atoms with Crippen molar-refractivity contribution in [2.24, 2.45) is 5.10 Å². The maximum absolute atomic E-state index is 11.7. The lowest BCUT2D eigenvalue weighted by Gasteiger charge is -2.06. The Kier molecular flexibility index (Phi) is 6.02. The molecule has 0 bridgehead atoms. The Labute approximate surface area is 146 Å². The molecular formula is C16H14BrN3O4. The maximum Gasteiger partial charge on any atom is 0.277 e. The molecule has 2 aromatic rings. The highest BCUT2D eigenvalue weighted by Gasteiger charge is 2.08. The van der Waals surface area contributed by atoms with Gasteiger partial charge in [-0.2, -0.15) is 5.10 Å². The number of benzene rings is 2. The fourth-order valence-corrected chi connectivity index (χ4v) is 2.03. The molecule has 0 unspecified atom stereocenters. The summed E-state index contributed by atoms with van der Waals surface area (Å²) in [6, 6.07) is 13.1. The standard InChI is InChI=1S/C16H14BrN3O4/c1-11(12-3-2-4-14(9-12)20(22)23)18-19-16(21)10-24-15-7-5-13(17)6-8-15/h2-9H,10H2,1H3,(H,19,21)/b18-11-. The summed E-state index contributed by atoms with van der Waals surface area (Å²) in [5, 5.41) is 14.7. The lowest BCUT2D eigenvalue weighted by atomic mass is 10.1. The molecular weight excluding hydrogens is 378 g/mol. The van der Waals surface area contributed by atoms with E-state index in [1.165, 1.54) is 12.1 Å². The van der Waals surface area contributed by atoms with Crippen LogP contribution in [-0.2, 0) is 4.79 Å². The summed E-state index contributed by atoms with van der Waals surface area (Å²) in [5.74, 6) is 0.135. The first-order valence-electron chi connectivity index (χ1n) is 6.92. The van der Waals surface area contributed by atoms with E-state index in [0.717, 1.165) is 4.47 Å². The lowest BCUT2D eigenvalue weighted by Crippen LogP contribution is -2.25. The summed E-state index contributed by atoms with van der Waals surface area (Å²) in [4.78, 5) is 22.0. The number of nitro groups is 1. The van der Waals surface area contributed by atoms with Gasteiger partial charge >= 0.3 is 0 Å². The predicted molar refractivity (Wildman–Crippen MR) is 93.1 cm³/mol. The van der Waals surface area contributed by atoms with Crippen LogP contribution in [0.5, 0.6) is 5.75 Å². The zero-order valence-electron chi connectivity index (χ0n) is 12.7. The summed E-state index contributed by atoms with van der Waals surface area (Å²) in [7, 11) is 0. The van der Waals surface area contributed by atoms with Gasteiger partial charge in [0.1, 0.15) is 5.75 Å². The molecule has 0 radical (unpaired) electrons. The molecule has 2 rings (SSSR count). The molecule has 8 heteroatoms. The van der Waals surface area contributed by atoms with E-state index in [-0.39, 0.29) is 12.3 Å². The first-order chi connectivity index (χ1) is 11.5. The van der Waals surface area contributed by atoms with Crippen molar-refractivity contribution in [2.75, 3.05) is 6.61 Å². The molecule has 1 N–H and O–H groups in total. The van der Waals surface area contributed by atoms with Crippen LogP contribution in [0.3, 0.4) is 0 Å². The SMILES string of the molecule is C/C(=N/NC(=O)COc1ccc(Br)cc1)c1cccc([N+](=O)[O-])c1. The summed E-state index contributed by atoms with van der Waals surface area (Å²) >= 11 is 3.31. The number of halogens is 1. The quantitative estimate of drug-likeness (QED) is 0.464. The van der Waals surface area contributed by atoms with Crippen molar-refractivity contribution in [1.82, 2.24) is 5.43 Å². The molecule has 124 valence electrons. The molecule has 0 saturated carbocycles. The van der Waals surface area contributed by atoms with Gasteiger partial charge in [0, 0.05) is 22.2 Å². The van der Waals surface area contributed by atoms with E-state index in [0.29, 0.717) is 17.0 Å². The van der Waals surface area contributed by atoms with E-state index >= 15 is 0 Å². The van der Waals surface area contributed by atoms with Gasteiger partial charge in [0.2, 0.25) is 0 Å². The zero-order valence-corrected chi connectivity index (χ0v) is 14.3. The third kappa shape index (κ3) is 5.17. The maximum atomic E-state index is 11.7. The van der Waals surface area contributed by atoms with Crippen molar-refractivity contribution in [2.45, 2.75) is 6.92 Å². The number of hydrogen-bond donors (Lipinski definition) is 1. The van der Waals surface area contributed by atoms with Crippen LogP contribution in [-0.4, -0.2) is 23.1 Å². The van der Waals surface area contributed by atoms with Gasteiger partial charge in [-0.3, -0.25) is 14.9 Å². The van der Waals surface area contributed by atoms with Gasteiger partial charge in [0.05, 0.1) is 10.6 Å². The van der Waals surface area contributed by atoms with E-state index in [9.17, 15) is 14.9 Å². The molecule has 0 fully saturated rings. The Balaban J connectivity index is 1.91. The molecule has 0 saturated heterocycles. The van der Waals surface area contributed by atoms with Crippen LogP contribution in [0.1, 0.15) is 12.5 Å². The summed E-state index contributed by atoms with van der Waals surface area (Å²) < 4.78 is 6.23. The van der Waals surface area contributed by atoms with E-state index < -0.39 is 10.8 Å². The minimum atomic E-state index is -0.485. The third-order valence-corrected chi connectivity index (χ3v) is 3.54. The predicted octanol–water partition coefficient (Wildman–Crippen LogP) is 3.28. The van der Waals surface area contributed by atoms with Gasteiger partial charge in [0.15, 0.2) is 6.61 Å². The number of non-ortho nitro benzene ring substituents is 1. The van der Waals surface area contributed by atoms with Gasteiger partial charge in [0.25, 0.3) is 11.6 Å². The molecule has 0 aromatic heterocycles. The second kappa shape index (κ2) is 8.21. The van der Waals surface area contributed by atoms with Crippen LogP contribution in [0.25, 0.3) is 0 Å². The van der Waals surface area contributed by atoms with Gasteiger partial charge in [-0.15, -0.1) is 0 Å². The van der Waals surface area contributed by atoms with Crippen molar-refractivity contribution in [3.05, 3.63) is 68.7 Å². The van der Waals surface area contributed by atoms with Gasteiger partial charge < -0.3 is 4.74 Å². The Bertz CT molecular complexity index is 775. The second-order valence-electron chi connectivity index (χ2n) is 4.78. The van der Waals surface area contributed by atoms with Gasteiger partial charge in [-0.1, -0.05) is 28.1 Å². The zero-order chi connectivity index (χ0) is 17.5. The normalized spacial score (nSPS) is 11.0. The van der Waals surface area contributed by atoms with Crippen LogP contribution < -0.4 is 10.2 Å². The number of hydrazone groups is 1. The number of nitrogens with one attached hydrogen (secondary N) is 1. The third-order valence-electron chi connectivity index (χ3n) is 3.01. The lowest BCUT2D eigenvalue weighted by molar-refractivity contribution is -0.384. The summed E-state index contributed by atoms with van der Waals surface area (Å²) in [6.45, 7) is 1.46. The monoisotopic (exact) mass is 391 g/mol. The van der Waals surface area contributed by atoms with Crippen molar-refractivity contribution >= 4 is 33.2 Å². The average molecular weight is 392 g/mol. The van der Waals surface area contributed by atoms with Crippen LogP contribution >= 0.6 is 15.9 Å². The molecule has 0 heterocycles. The highest BCUT2D eigenvalue weighted by atomic mass is 79.9. The fourth-order valence-electron chi connectivity index (χ4n) is 1.77. The molecule has 0 aliphatic heterocycles. The molecule has 7 nitrogen and oxygen atoms in total. The van der Waals surface area contributed by atoms with Crippen molar-refractivity contribution in [3.63, 3.8) is 0 Å². The number of hydrogen-bond acceptors (Lipinski definition) is 5. The van der Waals surface area contributed by atoms with Crippen molar-refractivity contribution in [1.29, 1.82) is 0 Å². The van der Waals surface area contributed by atoms with Crippen LogP contribution in [0.15, 0.2) is 58.1 Å². The Morgan fingerprint density at radius 2 is 2.00 bits per heavy atom. The number of nitro benzene ring substituents is 1. The highest BCUT2D eigenvalue weighted by Crippen LogP contribution is 2.16. The first-order valence-corrected chi connectivity index (χ1v) is 7.71. The number of ether oxygens (including phenoxy) is 1. The van der Waals surface area contributed by atoms with Crippen LogP contribution in [0, 0.1) is 10.1 Å². The summed E-state index contributed by atoms with van der Waals surface area (Å²) in [5.41, 5.74) is 3.33. The Morgan fingerprint density at radius 3 is 2.67 bits per heavy atom. The Morgan fingerprint density at radius 1 is 1.29 bits per heavy atom. The number of carbonyl (C=O) groups is 1. The van der Waals surface area contributed by atoms with Crippen LogP contribution in [0.4, 0.5) is 5.69 Å². The minimum absolute atomic E-state index is 0.0352. The molecule has 0 spiro atoms. The molecule has 1 amide bonds. The molecule has 0 atom stereocenters. The van der Waals surface area contributed by atoms with E-state index in [1.54, 1.807) is 43.3 Å². The number of amides is 1. The van der Waals surface area contributed by atoms with Gasteiger partial charge in [-0.25, -0.2) is 5.43 Å². The minimum Gasteiger partial charge on any atom is -0.484 e. The van der Waals surface area contributed by atoms with Crippen molar-refractivity contribution < 1.29 is 14.5 Å². The smallest absolute Gasteiger partial charge is 0.277 e. The number of carbonyl (C=O) groups excluding carboxylic acids is 1. The average Bonchev–Trinajstić information content (AvgIpc) is 2.59. The number of rotatable bonds is 6. The Hall–Kier alpha value is -2.74. The highest BCUT2D eigenvalue weighted by molar-refractivity contribution is 9.10. The molecule has 0 aliphatic carbocycles. The molecule has 0 aliphatic rings. The fraction of sp³-hybridized carbons (Fsp3) is 0.125. The second-order valence-corrected chi connectivity index (χ2v) is 5.70. The van der Waals surface area contributed by atoms with E-state index in [4.69, 9.17) is 4.74 Å². The largest absolute Gasteiger partial charge is 0.484 e. The first kappa shape index (κ1) is 17.6. The topological polar surface area (TPSA) is 93.8 Å². The van der Waals surface area contributed by atoms with Gasteiger partial charge in [-0.05, 0) is 31.2 Å². The van der Waals surface area contributed by atoms with E-state index in [1.807, 2.05) is 0 Å². The van der Waals surface area contributed by atoms with Crippen LogP contribution in [0.2, 0.25) is 0 Å².